The van der Waals surface area contributed by atoms with E-state index < -0.39 is 15.3 Å². The van der Waals surface area contributed by atoms with Gasteiger partial charge in [-0.2, -0.15) is 9.40 Å². The Morgan fingerprint density at radius 1 is 1.00 bits per heavy atom. The lowest BCUT2D eigenvalue weighted by atomic mass is 9.96. The monoisotopic (exact) mass is 466 g/mol. The minimum Gasteiger partial charge on any atom is -0.483 e. The van der Waals surface area contributed by atoms with Gasteiger partial charge in [-0.1, -0.05) is 26.2 Å². The topological polar surface area (TPSA) is 84.7 Å². The van der Waals surface area contributed by atoms with E-state index in [0.717, 1.165) is 44.9 Å². The Balaban J connectivity index is 1.61. The van der Waals surface area contributed by atoms with Crippen molar-refractivity contribution in [3.63, 3.8) is 0 Å². The molecule has 9 heteroatoms. The average Bonchev–Trinajstić information content (AvgIpc) is 3.20. The Morgan fingerprint density at radius 3 is 2.28 bits per heavy atom. The number of anilines is 1. The molecule has 0 aromatic carbocycles. The van der Waals surface area contributed by atoms with Gasteiger partial charge < -0.3 is 9.64 Å². The second-order valence-corrected chi connectivity index (χ2v) is 12.4. The van der Waals surface area contributed by atoms with Crippen molar-refractivity contribution in [3.8, 4) is 5.75 Å². The molecule has 2 aliphatic carbocycles. The molecule has 3 aliphatic rings. The first kappa shape index (κ1) is 23.5. The SMILES string of the molecule is CC(C)S(=O)(=O)N1CCN(c2cnn(C3CCCCC3)c(=O)c2O[C@@H]2CCC[C@H]2C)CC1. The lowest BCUT2D eigenvalue weighted by molar-refractivity contribution is 0.162. The molecule has 32 heavy (non-hydrogen) atoms. The number of hydrogen-bond acceptors (Lipinski definition) is 6. The van der Waals surface area contributed by atoms with E-state index in [1.807, 2.05) is 0 Å². The summed E-state index contributed by atoms with van der Waals surface area (Å²) in [6.45, 7) is 7.48. The van der Waals surface area contributed by atoms with Crippen LogP contribution in [-0.4, -0.2) is 60.0 Å². The maximum Gasteiger partial charge on any atom is 0.311 e. The Hall–Kier alpha value is -1.61. The molecule has 0 N–H and O–H groups in total. The van der Waals surface area contributed by atoms with Gasteiger partial charge in [0.1, 0.15) is 11.8 Å². The van der Waals surface area contributed by atoms with Crippen LogP contribution in [0.2, 0.25) is 0 Å². The van der Waals surface area contributed by atoms with Crippen molar-refractivity contribution in [2.75, 3.05) is 31.1 Å². The van der Waals surface area contributed by atoms with Crippen LogP contribution in [0.15, 0.2) is 11.0 Å². The highest BCUT2D eigenvalue weighted by Crippen LogP contribution is 2.34. The Morgan fingerprint density at radius 2 is 1.69 bits per heavy atom. The van der Waals surface area contributed by atoms with Crippen molar-refractivity contribution in [1.82, 2.24) is 14.1 Å². The minimum atomic E-state index is -3.28. The summed E-state index contributed by atoms with van der Waals surface area (Å²) >= 11 is 0. The molecular formula is C23H38N4O4S. The summed E-state index contributed by atoms with van der Waals surface area (Å²) in [7, 11) is -3.28. The fourth-order valence-electron chi connectivity index (χ4n) is 5.28. The number of sulfonamides is 1. The summed E-state index contributed by atoms with van der Waals surface area (Å²) in [5.74, 6) is 0.830. The predicted octanol–water partition coefficient (Wildman–Crippen LogP) is 3.18. The highest BCUT2D eigenvalue weighted by molar-refractivity contribution is 7.89. The Labute approximate surface area is 192 Å². The molecule has 2 heterocycles. The molecule has 4 rings (SSSR count). The van der Waals surface area contributed by atoms with Crippen LogP contribution in [0.3, 0.4) is 0 Å². The third-order valence-electron chi connectivity index (χ3n) is 7.45. The van der Waals surface area contributed by atoms with Crippen molar-refractivity contribution in [1.29, 1.82) is 0 Å². The van der Waals surface area contributed by atoms with E-state index in [0.29, 0.717) is 43.5 Å². The van der Waals surface area contributed by atoms with E-state index in [1.165, 1.54) is 6.42 Å². The molecule has 2 saturated carbocycles. The number of aromatic nitrogens is 2. The van der Waals surface area contributed by atoms with Gasteiger partial charge in [0.25, 0.3) is 0 Å². The van der Waals surface area contributed by atoms with E-state index in [2.05, 4.69) is 16.9 Å². The van der Waals surface area contributed by atoms with Crippen molar-refractivity contribution >= 4 is 15.7 Å². The van der Waals surface area contributed by atoms with E-state index in [1.54, 1.807) is 29.0 Å². The van der Waals surface area contributed by atoms with E-state index in [9.17, 15) is 13.2 Å². The normalized spacial score (nSPS) is 26.1. The number of hydrogen-bond donors (Lipinski definition) is 0. The van der Waals surface area contributed by atoms with Gasteiger partial charge >= 0.3 is 5.56 Å². The summed E-state index contributed by atoms with van der Waals surface area (Å²) in [4.78, 5) is 15.7. The molecule has 2 atom stereocenters. The van der Waals surface area contributed by atoms with Gasteiger partial charge in [-0.05, 0) is 51.9 Å². The molecule has 3 fully saturated rings. The maximum atomic E-state index is 13.6. The first-order valence-electron chi connectivity index (χ1n) is 12.3. The summed E-state index contributed by atoms with van der Waals surface area (Å²) in [5, 5.41) is 4.15. The molecule has 0 spiro atoms. The smallest absolute Gasteiger partial charge is 0.311 e. The van der Waals surface area contributed by atoms with Crippen molar-refractivity contribution in [3.05, 3.63) is 16.6 Å². The molecule has 8 nitrogen and oxygen atoms in total. The molecular weight excluding hydrogens is 428 g/mol. The summed E-state index contributed by atoms with van der Waals surface area (Å²) < 4.78 is 34.7. The molecule has 1 aromatic rings. The molecule has 180 valence electrons. The van der Waals surface area contributed by atoms with Crippen LogP contribution in [0.5, 0.6) is 5.75 Å². The largest absolute Gasteiger partial charge is 0.483 e. The standard InChI is InChI=1S/C23H38N4O4S/c1-17(2)32(29,30)26-14-12-25(13-15-26)20-16-24-27(19-9-5-4-6-10-19)23(28)22(20)31-21-11-7-8-18(21)3/h16-19,21H,4-15H2,1-3H3/t18-,21-/m1/s1. The number of piperazine rings is 1. The molecule has 0 radical (unpaired) electrons. The van der Waals surface area contributed by atoms with Crippen LogP contribution in [0, 0.1) is 5.92 Å². The lowest BCUT2D eigenvalue weighted by Gasteiger charge is -2.37. The predicted molar refractivity (Wildman–Crippen MR) is 126 cm³/mol. The highest BCUT2D eigenvalue weighted by Gasteiger charge is 2.33. The van der Waals surface area contributed by atoms with E-state index in [4.69, 9.17) is 4.74 Å². The molecule has 1 saturated heterocycles. The first-order valence-corrected chi connectivity index (χ1v) is 13.8. The third-order valence-corrected chi connectivity index (χ3v) is 9.72. The zero-order chi connectivity index (χ0) is 22.9. The lowest BCUT2D eigenvalue weighted by Crippen LogP contribution is -2.51. The number of ether oxygens (including phenoxy) is 1. The van der Waals surface area contributed by atoms with Crippen LogP contribution >= 0.6 is 0 Å². The second kappa shape index (κ2) is 9.71. The van der Waals surface area contributed by atoms with Crippen LogP contribution in [0.25, 0.3) is 0 Å². The second-order valence-electron chi connectivity index (χ2n) is 9.94. The minimum absolute atomic E-state index is 0.0475. The zero-order valence-corrected chi connectivity index (χ0v) is 20.5. The van der Waals surface area contributed by atoms with Crippen molar-refractivity contribution < 1.29 is 13.2 Å². The summed E-state index contributed by atoms with van der Waals surface area (Å²) in [6.07, 6.45) is 10.5. The molecule has 1 aliphatic heterocycles. The van der Waals surface area contributed by atoms with Gasteiger partial charge in [-0.3, -0.25) is 4.79 Å². The zero-order valence-electron chi connectivity index (χ0n) is 19.7. The summed E-state index contributed by atoms with van der Waals surface area (Å²) in [6, 6.07) is 0.140. The van der Waals surface area contributed by atoms with E-state index >= 15 is 0 Å². The number of nitrogens with zero attached hydrogens (tertiary/aromatic N) is 4. The third kappa shape index (κ3) is 4.69. The highest BCUT2D eigenvalue weighted by atomic mass is 32.2. The van der Waals surface area contributed by atoms with Gasteiger partial charge in [-0.25, -0.2) is 13.1 Å². The average molecular weight is 467 g/mol. The van der Waals surface area contributed by atoms with Gasteiger partial charge in [0.15, 0.2) is 0 Å². The Bertz CT molecular complexity index is 947. The van der Waals surface area contributed by atoms with Crippen LogP contribution in [0.4, 0.5) is 5.69 Å². The van der Waals surface area contributed by atoms with E-state index in [-0.39, 0.29) is 17.7 Å². The quantitative estimate of drug-likeness (QED) is 0.640. The van der Waals surface area contributed by atoms with Crippen LogP contribution in [-0.2, 0) is 10.0 Å². The molecule has 0 amide bonds. The fourth-order valence-corrected chi connectivity index (χ4v) is 6.55. The van der Waals surface area contributed by atoms with Gasteiger partial charge in [-0.15, -0.1) is 0 Å². The van der Waals surface area contributed by atoms with Gasteiger partial charge in [0.05, 0.1) is 17.5 Å². The molecule has 0 unspecified atom stereocenters. The van der Waals surface area contributed by atoms with Gasteiger partial charge in [0, 0.05) is 26.2 Å². The maximum absolute atomic E-state index is 13.6. The molecule has 1 aromatic heterocycles. The van der Waals surface area contributed by atoms with Crippen molar-refractivity contribution in [2.24, 2.45) is 5.92 Å². The van der Waals surface area contributed by atoms with Gasteiger partial charge in [0.2, 0.25) is 15.8 Å². The fraction of sp³-hybridized carbons (Fsp3) is 0.826. The summed E-state index contributed by atoms with van der Waals surface area (Å²) in [5.41, 5.74) is 0.577. The van der Waals surface area contributed by atoms with Crippen molar-refractivity contribution in [2.45, 2.75) is 89.5 Å². The van der Waals surface area contributed by atoms with Crippen LogP contribution < -0.4 is 15.2 Å². The van der Waals surface area contributed by atoms with Crippen LogP contribution in [0.1, 0.15) is 78.2 Å². The first-order chi connectivity index (χ1) is 15.3. The Kier molecular flexibility index (Phi) is 7.14. The molecule has 0 bridgehead atoms. The number of rotatable bonds is 6.